The Hall–Kier alpha value is -1.66. The van der Waals surface area contributed by atoms with Gasteiger partial charge in [-0.3, -0.25) is 9.55 Å². The topological polar surface area (TPSA) is 56.1 Å². The molecule has 1 fully saturated rings. The quantitative estimate of drug-likeness (QED) is 0.458. The van der Waals surface area contributed by atoms with Crippen molar-refractivity contribution in [2.75, 3.05) is 12.4 Å². The summed E-state index contributed by atoms with van der Waals surface area (Å²) in [6.45, 7) is 5.35. The molecule has 3 rings (SSSR count). The molecule has 0 spiro atoms. The number of allylic oxidation sites excluding steroid dienone is 1. The molecule has 0 amide bonds. The summed E-state index contributed by atoms with van der Waals surface area (Å²) in [5, 5.41) is 9.45. The average molecular weight is 274 g/mol. The monoisotopic (exact) mass is 274 g/mol. The van der Waals surface area contributed by atoms with E-state index in [0.29, 0.717) is 12.6 Å². The first kappa shape index (κ1) is 12.4. The third-order valence-corrected chi connectivity index (χ3v) is 3.87. The van der Waals surface area contributed by atoms with Gasteiger partial charge in [0, 0.05) is 30.3 Å². The van der Waals surface area contributed by atoms with Crippen LogP contribution in [0.25, 0.3) is 11.4 Å². The molecule has 2 aromatic rings. The second-order valence-electron chi connectivity index (χ2n) is 4.21. The fourth-order valence-corrected chi connectivity index (χ4v) is 2.68. The van der Waals surface area contributed by atoms with E-state index in [4.69, 9.17) is 4.74 Å². The Bertz CT molecular complexity index is 565. The van der Waals surface area contributed by atoms with Crippen molar-refractivity contribution in [3.8, 4) is 11.4 Å². The van der Waals surface area contributed by atoms with Gasteiger partial charge >= 0.3 is 0 Å². The van der Waals surface area contributed by atoms with Crippen molar-refractivity contribution in [2.24, 2.45) is 0 Å². The van der Waals surface area contributed by atoms with E-state index in [1.807, 2.05) is 18.2 Å². The van der Waals surface area contributed by atoms with Crippen LogP contribution in [-0.4, -0.2) is 38.2 Å². The molecule has 6 heteroatoms. The van der Waals surface area contributed by atoms with Crippen molar-refractivity contribution in [1.29, 1.82) is 0 Å². The van der Waals surface area contributed by atoms with E-state index < -0.39 is 0 Å². The highest BCUT2D eigenvalue weighted by molar-refractivity contribution is 7.99. The lowest BCUT2D eigenvalue weighted by Crippen LogP contribution is -2.02. The van der Waals surface area contributed by atoms with Crippen LogP contribution < -0.4 is 0 Å². The number of hydrogen-bond acceptors (Lipinski definition) is 5. The zero-order valence-corrected chi connectivity index (χ0v) is 11.2. The van der Waals surface area contributed by atoms with E-state index in [-0.39, 0.29) is 0 Å². The number of hydrogen-bond donors (Lipinski definition) is 0. The van der Waals surface area contributed by atoms with Gasteiger partial charge in [0.05, 0.1) is 12.7 Å². The fraction of sp³-hybridized carbons (Fsp3) is 0.308. The van der Waals surface area contributed by atoms with Crippen LogP contribution >= 0.6 is 11.8 Å². The van der Waals surface area contributed by atoms with Gasteiger partial charge in [0.25, 0.3) is 0 Å². The maximum atomic E-state index is 5.21. The smallest absolute Gasteiger partial charge is 0.191 e. The summed E-state index contributed by atoms with van der Waals surface area (Å²) in [5.41, 5.74) is 1.01. The Kier molecular flexibility index (Phi) is 3.61. The van der Waals surface area contributed by atoms with Gasteiger partial charge in [0.15, 0.2) is 11.0 Å². The second-order valence-corrected chi connectivity index (χ2v) is 5.19. The van der Waals surface area contributed by atoms with Crippen molar-refractivity contribution < 1.29 is 4.74 Å². The van der Waals surface area contributed by atoms with E-state index in [1.165, 1.54) is 0 Å². The third kappa shape index (κ3) is 2.85. The second kappa shape index (κ2) is 5.54. The zero-order chi connectivity index (χ0) is 13.1. The summed E-state index contributed by atoms with van der Waals surface area (Å²) < 4.78 is 7.28. The van der Waals surface area contributed by atoms with Gasteiger partial charge in [-0.2, -0.15) is 0 Å². The number of rotatable bonds is 6. The highest BCUT2D eigenvalue weighted by atomic mass is 32.2. The summed E-state index contributed by atoms with van der Waals surface area (Å²) in [6.07, 6.45) is 5.75. The largest absolute Gasteiger partial charge is 0.372 e. The Labute approximate surface area is 115 Å². The summed E-state index contributed by atoms with van der Waals surface area (Å²) in [6, 6.07) is 3.87. The van der Waals surface area contributed by atoms with Gasteiger partial charge in [-0.25, -0.2) is 0 Å². The lowest BCUT2D eigenvalue weighted by Gasteiger charge is -2.06. The number of thioether (sulfide) groups is 1. The molecule has 2 aromatic heterocycles. The molecule has 0 aliphatic carbocycles. The predicted octanol–water partition coefficient (Wildman–Crippen LogP) is 2.02. The third-order valence-electron chi connectivity index (χ3n) is 2.77. The van der Waals surface area contributed by atoms with Crippen LogP contribution in [0.3, 0.4) is 0 Å². The summed E-state index contributed by atoms with van der Waals surface area (Å²) in [5.74, 6) is 1.77. The van der Waals surface area contributed by atoms with E-state index in [1.54, 1.807) is 24.2 Å². The number of nitrogens with zero attached hydrogens (tertiary/aromatic N) is 4. The van der Waals surface area contributed by atoms with Crippen molar-refractivity contribution >= 4 is 11.8 Å². The molecule has 1 aliphatic heterocycles. The lowest BCUT2D eigenvalue weighted by atomic mass is 10.2. The highest BCUT2D eigenvalue weighted by Crippen LogP contribution is 2.26. The summed E-state index contributed by atoms with van der Waals surface area (Å²) >= 11 is 1.67. The van der Waals surface area contributed by atoms with Crippen LogP contribution in [0.1, 0.15) is 0 Å². The molecule has 0 bridgehead atoms. The van der Waals surface area contributed by atoms with Gasteiger partial charge < -0.3 is 4.74 Å². The van der Waals surface area contributed by atoms with Crippen LogP contribution in [0.15, 0.2) is 42.3 Å². The van der Waals surface area contributed by atoms with Gasteiger partial charge in [-0.05, 0) is 12.1 Å². The number of aromatic nitrogens is 4. The molecule has 1 saturated heterocycles. The van der Waals surface area contributed by atoms with Gasteiger partial charge in [-0.1, -0.05) is 17.8 Å². The van der Waals surface area contributed by atoms with Crippen molar-refractivity contribution in [2.45, 2.75) is 17.8 Å². The number of pyridine rings is 1. The first-order chi connectivity index (χ1) is 9.38. The highest BCUT2D eigenvalue weighted by Gasteiger charge is 2.24. The Morgan fingerprint density at radius 3 is 2.89 bits per heavy atom. The first-order valence-electron chi connectivity index (χ1n) is 6.07. The Morgan fingerprint density at radius 1 is 1.42 bits per heavy atom. The minimum absolute atomic E-state index is 0.378. The molecule has 0 radical (unpaired) electrons. The van der Waals surface area contributed by atoms with E-state index in [2.05, 4.69) is 26.3 Å². The Morgan fingerprint density at radius 2 is 2.21 bits per heavy atom. The molecule has 1 aliphatic rings. The zero-order valence-electron chi connectivity index (χ0n) is 10.4. The molecule has 0 saturated carbocycles. The maximum absolute atomic E-state index is 5.21. The maximum Gasteiger partial charge on any atom is 0.191 e. The minimum atomic E-state index is 0.378. The molecule has 19 heavy (non-hydrogen) atoms. The van der Waals surface area contributed by atoms with E-state index >= 15 is 0 Å². The molecule has 5 nitrogen and oxygen atoms in total. The molecule has 1 atom stereocenters. The molecule has 0 aromatic carbocycles. The van der Waals surface area contributed by atoms with Crippen LogP contribution in [-0.2, 0) is 11.3 Å². The molecular weight excluding hydrogens is 260 g/mol. The number of ether oxygens (including phenoxy) is 1. The van der Waals surface area contributed by atoms with Crippen LogP contribution in [0.5, 0.6) is 0 Å². The van der Waals surface area contributed by atoms with Crippen molar-refractivity contribution in [3.05, 3.63) is 37.2 Å². The standard InChI is InChI=1S/C13H14N4OS/c1-2-7-17-12(10-3-5-14-6-4-10)15-16-13(17)19-9-11-8-18-11/h2-6,11H,1,7-9H2. The fourth-order valence-electron chi connectivity index (χ4n) is 1.74. The van der Waals surface area contributed by atoms with Gasteiger partial charge in [-0.15, -0.1) is 16.8 Å². The molecule has 98 valence electrons. The molecule has 1 unspecified atom stereocenters. The summed E-state index contributed by atoms with van der Waals surface area (Å²) in [4.78, 5) is 4.02. The molecule has 3 heterocycles. The lowest BCUT2D eigenvalue weighted by molar-refractivity contribution is 0.426. The minimum Gasteiger partial charge on any atom is -0.372 e. The van der Waals surface area contributed by atoms with Crippen molar-refractivity contribution in [3.63, 3.8) is 0 Å². The molecule has 0 N–H and O–H groups in total. The van der Waals surface area contributed by atoms with E-state index in [9.17, 15) is 0 Å². The van der Waals surface area contributed by atoms with E-state index in [0.717, 1.165) is 28.9 Å². The average Bonchev–Trinajstić information content (AvgIpc) is 3.20. The normalized spacial score (nSPS) is 17.4. The van der Waals surface area contributed by atoms with Gasteiger partial charge in [0.2, 0.25) is 0 Å². The van der Waals surface area contributed by atoms with Gasteiger partial charge in [0.1, 0.15) is 0 Å². The molecular formula is C13H14N4OS. The number of epoxide rings is 1. The summed E-state index contributed by atoms with van der Waals surface area (Å²) in [7, 11) is 0. The van der Waals surface area contributed by atoms with Crippen LogP contribution in [0.2, 0.25) is 0 Å². The first-order valence-corrected chi connectivity index (χ1v) is 7.06. The van der Waals surface area contributed by atoms with Crippen molar-refractivity contribution in [1.82, 2.24) is 19.7 Å². The Balaban J connectivity index is 1.88. The van der Waals surface area contributed by atoms with Crippen LogP contribution in [0, 0.1) is 0 Å². The van der Waals surface area contributed by atoms with Crippen LogP contribution in [0.4, 0.5) is 0 Å². The SMILES string of the molecule is C=CCn1c(SCC2CO2)nnc1-c1ccncc1. The predicted molar refractivity (Wildman–Crippen MR) is 73.9 cm³/mol.